The number of aromatic nitrogens is 3. The summed E-state index contributed by atoms with van der Waals surface area (Å²) in [7, 11) is 1.78. The molecule has 0 fully saturated rings. The van der Waals surface area contributed by atoms with Crippen LogP contribution in [-0.2, 0) is 6.42 Å². The van der Waals surface area contributed by atoms with Crippen molar-refractivity contribution in [1.82, 2.24) is 15.0 Å². The van der Waals surface area contributed by atoms with Crippen LogP contribution in [0.3, 0.4) is 0 Å². The summed E-state index contributed by atoms with van der Waals surface area (Å²) in [5, 5.41) is 3.78. The third-order valence-corrected chi connectivity index (χ3v) is 4.72. The molecule has 0 unspecified atom stereocenters. The molecule has 141 valence electrons. The summed E-state index contributed by atoms with van der Waals surface area (Å²) in [4.78, 5) is 13.3. The van der Waals surface area contributed by atoms with E-state index in [0.29, 0.717) is 23.6 Å². The maximum Gasteiger partial charge on any atom is 0.224 e. The molecule has 0 aliphatic rings. The second-order valence-electron chi connectivity index (χ2n) is 8.19. The van der Waals surface area contributed by atoms with Gasteiger partial charge in [-0.05, 0) is 60.9 Å². The third kappa shape index (κ3) is 4.24. The van der Waals surface area contributed by atoms with Crippen molar-refractivity contribution in [3.05, 3.63) is 47.0 Å². The molecule has 27 heavy (non-hydrogen) atoms. The van der Waals surface area contributed by atoms with E-state index < -0.39 is 0 Å². The van der Waals surface area contributed by atoms with Crippen LogP contribution < -0.4 is 5.32 Å². The van der Waals surface area contributed by atoms with E-state index in [1.54, 1.807) is 13.2 Å². The molecule has 3 aromatic rings. The summed E-state index contributed by atoms with van der Waals surface area (Å²) in [6.07, 6.45) is 3.36. The Kier molecular flexibility index (Phi) is 5.13. The Bertz CT molecular complexity index is 990. The number of hydrogen-bond acceptors (Lipinski definition) is 4. The summed E-state index contributed by atoms with van der Waals surface area (Å²) in [5.41, 5.74) is 5.07. The van der Waals surface area contributed by atoms with Gasteiger partial charge in [0.2, 0.25) is 5.95 Å². The third-order valence-electron chi connectivity index (χ3n) is 4.72. The Hall–Kier alpha value is -2.56. The van der Waals surface area contributed by atoms with Gasteiger partial charge >= 0.3 is 0 Å². The molecule has 0 atom stereocenters. The van der Waals surface area contributed by atoms with Gasteiger partial charge in [-0.3, -0.25) is 0 Å². The van der Waals surface area contributed by atoms with Gasteiger partial charge in [0.25, 0.3) is 0 Å². The van der Waals surface area contributed by atoms with Gasteiger partial charge in [-0.25, -0.2) is 14.4 Å². The van der Waals surface area contributed by atoms with Crippen LogP contribution in [0.15, 0.2) is 18.3 Å². The number of hydrogen-bond donors (Lipinski definition) is 1. The van der Waals surface area contributed by atoms with E-state index in [0.717, 1.165) is 34.2 Å². The highest BCUT2D eigenvalue weighted by molar-refractivity contribution is 5.83. The van der Waals surface area contributed by atoms with Gasteiger partial charge in [0.1, 0.15) is 5.82 Å². The molecular formula is C22H26FN4. The fourth-order valence-corrected chi connectivity index (χ4v) is 3.08. The van der Waals surface area contributed by atoms with Gasteiger partial charge in [-0.1, -0.05) is 20.8 Å². The largest absolute Gasteiger partial charge is 0.357 e. The van der Waals surface area contributed by atoms with Crippen LogP contribution in [0.25, 0.3) is 22.2 Å². The lowest BCUT2D eigenvalue weighted by molar-refractivity contribution is 0.375. The van der Waals surface area contributed by atoms with E-state index in [2.05, 4.69) is 47.1 Å². The molecule has 1 aromatic carbocycles. The minimum atomic E-state index is -0.256. The molecule has 0 spiro atoms. The zero-order valence-electron chi connectivity index (χ0n) is 16.9. The Labute approximate surface area is 160 Å². The second kappa shape index (κ2) is 7.22. The normalized spacial score (nSPS) is 11.8. The molecule has 0 saturated carbocycles. The molecule has 2 aromatic heterocycles. The van der Waals surface area contributed by atoms with Gasteiger partial charge in [-0.2, -0.15) is 4.98 Å². The summed E-state index contributed by atoms with van der Waals surface area (Å²) in [6.45, 7) is 10.3. The number of aryl methyl sites for hydroxylation is 3. The minimum absolute atomic E-state index is 0.153. The minimum Gasteiger partial charge on any atom is -0.357 e. The van der Waals surface area contributed by atoms with E-state index in [1.807, 2.05) is 26.0 Å². The smallest absolute Gasteiger partial charge is 0.224 e. The summed E-state index contributed by atoms with van der Waals surface area (Å²) in [5.74, 6) is 0.284. The van der Waals surface area contributed by atoms with Crippen LogP contribution in [0.1, 0.15) is 44.0 Å². The van der Waals surface area contributed by atoms with Crippen LogP contribution in [0.5, 0.6) is 0 Å². The summed E-state index contributed by atoms with van der Waals surface area (Å²) >= 11 is 0. The topological polar surface area (TPSA) is 50.7 Å². The number of fused-ring (bicyclic) bond motifs is 1. The molecule has 0 aliphatic carbocycles. The average Bonchev–Trinajstić information content (AvgIpc) is 2.59. The fourth-order valence-electron chi connectivity index (χ4n) is 3.08. The first-order valence-electron chi connectivity index (χ1n) is 9.22. The monoisotopic (exact) mass is 365 g/mol. The van der Waals surface area contributed by atoms with Crippen molar-refractivity contribution in [3.8, 4) is 11.1 Å². The molecule has 1 N–H and O–H groups in total. The molecule has 5 heteroatoms. The van der Waals surface area contributed by atoms with Gasteiger partial charge in [0, 0.05) is 36.0 Å². The molecular weight excluding hydrogens is 339 g/mol. The first-order chi connectivity index (χ1) is 12.7. The lowest BCUT2D eigenvalue weighted by Crippen LogP contribution is -2.07. The van der Waals surface area contributed by atoms with E-state index in [-0.39, 0.29) is 11.2 Å². The Morgan fingerprint density at radius 1 is 1.11 bits per heavy atom. The number of nitrogens with zero attached hydrogens (tertiary/aromatic N) is 3. The maximum absolute atomic E-state index is 14.5. The number of pyridine rings is 1. The van der Waals surface area contributed by atoms with Gasteiger partial charge in [0.05, 0.1) is 0 Å². The molecule has 4 nitrogen and oxygen atoms in total. The molecule has 2 heterocycles. The van der Waals surface area contributed by atoms with Crippen molar-refractivity contribution in [2.45, 2.75) is 47.5 Å². The van der Waals surface area contributed by atoms with Crippen molar-refractivity contribution >= 4 is 17.0 Å². The van der Waals surface area contributed by atoms with E-state index in [9.17, 15) is 4.39 Å². The Balaban J connectivity index is 2.08. The number of anilines is 1. The predicted octanol–water partition coefficient (Wildman–Crippen LogP) is 5.27. The van der Waals surface area contributed by atoms with Crippen LogP contribution in [0.4, 0.5) is 10.3 Å². The number of benzene rings is 1. The van der Waals surface area contributed by atoms with Crippen molar-refractivity contribution in [3.63, 3.8) is 0 Å². The molecule has 0 bridgehead atoms. The number of rotatable bonds is 4. The zero-order valence-corrected chi connectivity index (χ0v) is 16.9. The summed E-state index contributed by atoms with van der Waals surface area (Å²) in [6, 6.07) is 6.88. The van der Waals surface area contributed by atoms with Crippen LogP contribution in [0, 0.1) is 31.1 Å². The number of nitrogens with one attached hydrogen (secondary N) is 1. The van der Waals surface area contributed by atoms with Crippen molar-refractivity contribution in [2.75, 3.05) is 12.4 Å². The van der Waals surface area contributed by atoms with Crippen molar-refractivity contribution in [2.24, 2.45) is 5.41 Å². The first kappa shape index (κ1) is 19.2. The van der Waals surface area contributed by atoms with Crippen molar-refractivity contribution < 1.29 is 4.39 Å². The molecule has 0 aliphatic heterocycles. The van der Waals surface area contributed by atoms with E-state index in [4.69, 9.17) is 0 Å². The van der Waals surface area contributed by atoms with Crippen LogP contribution in [-0.4, -0.2) is 22.0 Å². The van der Waals surface area contributed by atoms with Gasteiger partial charge < -0.3 is 5.32 Å². The second-order valence-corrected chi connectivity index (χ2v) is 8.19. The first-order valence-corrected chi connectivity index (χ1v) is 9.22. The highest BCUT2D eigenvalue weighted by Gasteiger charge is 2.16. The average molecular weight is 365 g/mol. The predicted molar refractivity (Wildman–Crippen MR) is 108 cm³/mol. The highest BCUT2D eigenvalue weighted by atomic mass is 19.1. The molecule has 1 radical (unpaired) electrons. The zero-order chi connectivity index (χ0) is 19.8. The van der Waals surface area contributed by atoms with Gasteiger partial charge in [-0.15, -0.1) is 0 Å². The number of halogens is 1. The van der Waals surface area contributed by atoms with Crippen LogP contribution in [0.2, 0.25) is 0 Å². The van der Waals surface area contributed by atoms with E-state index >= 15 is 0 Å². The highest BCUT2D eigenvalue weighted by Crippen LogP contribution is 2.31. The molecule has 3 rings (SSSR count). The lowest BCUT2D eigenvalue weighted by atomic mass is 9.87. The Morgan fingerprint density at radius 2 is 1.85 bits per heavy atom. The standard InChI is InChI=1S/C22H26FN4/c1-13-9-19(23)15(7-8-22(3,4)5)10-17(13)18-11-16-12-25-21(24-6)27-20(16)26-14(18)2/h10-12H,7-8H2,1-6H3,(H,24,25,26,27). The van der Waals surface area contributed by atoms with Gasteiger partial charge in [0.15, 0.2) is 5.65 Å². The summed E-state index contributed by atoms with van der Waals surface area (Å²) < 4.78 is 14.5. The van der Waals surface area contributed by atoms with Crippen LogP contribution >= 0.6 is 0 Å². The quantitative estimate of drug-likeness (QED) is 0.684. The maximum atomic E-state index is 14.5. The van der Waals surface area contributed by atoms with E-state index in [1.165, 1.54) is 0 Å². The fraction of sp³-hybridized carbons (Fsp3) is 0.409. The Morgan fingerprint density at radius 3 is 2.52 bits per heavy atom. The van der Waals surface area contributed by atoms with Crippen molar-refractivity contribution in [1.29, 1.82) is 0 Å². The molecule has 0 amide bonds. The lowest BCUT2D eigenvalue weighted by Gasteiger charge is -2.19. The molecule has 0 saturated heterocycles. The SMILES string of the molecule is CNc1ncc2cc(-c3cc(CCC(C)(C)C)c(F)[c]c3C)c(C)nc2n1.